The molecule has 4 aromatic rings. The smallest absolute Gasteiger partial charge is 0.381 e. The Hall–Kier alpha value is -6.32. The van der Waals surface area contributed by atoms with Crippen molar-refractivity contribution in [2.75, 3.05) is 13.6 Å². The molecule has 1 heterocycles. The Balaban J connectivity index is 1.49. The summed E-state index contributed by atoms with van der Waals surface area (Å²) < 4.78 is 28.5. The van der Waals surface area contributed by atoms with Gasteiger partial charge in [-0.3, -0.25) is 33.6 Å². The van der Waals surface area contributed by atoms with Gasteiger partial charge >= 0.3 is 5.92 Å². The first-order valence-corrected chi connectivity index (χ1v) is 21.2. The number of rotatable bonds is 16. The number of benzene rings is 4. The number of nitrogens with zero attached hydrogens (tertiary/aromatic N) is 1. The number of halogens is 3. The number of amides is 3. The Morgan fingerprint density at radius 2 is 1.45 bits per heavy atom. The number of primary amides is 1. The Bertz CT molecular complexity index is 2430. The van der Waals surface area contributed by atoms with Crippen LogP contribution in [-0.2, 0) is 35.2 Å². The van der Waals surface area contributed by atoms with Gasteiger partial charge in [-0.25, -0.2) is 0 Å². The van der Waals surface area contributed by atoms with E-state index in [9.17, 15) is 52.6 Å². The summed E-state index contributed by atoms with van der Waals surface area (Å²) in [6, 6.07) is 19.7. The van der Waals surface area contributed by atoms with Crippen molar-refractivity contribution in [1.29, 1.82) is 0 Å². The predicted molar refractivity (Wildman–Crippen MR) is 235 cm³/mol. The van der Waals surface area contributed by atoms with Crippen molar-refractivity contribution in [3.63, 3.8) is 0 Å². The average Bonchev–Trinajstić information content (AvgIpc) is 3.26. The van der Waals surface area contributed by atoms with E-state index in [1.807, 2.05) is 12.1 Å². The van der Waals surface area contributed by atoms with Crippen molar-refractivity contribution < 1.29 is 52.6 Å². The van der Waals surface area contributed by atoms with Crippen LogP contribution in [0.15, 0.2) is 84.9 Å². The second kappa shape index (κ2) is 20.9. The van der Waals surface area contributed by atoms with E-state index in [1.165, 1.54) is 55.3 Å². The van der Waals surface area contributed by atoms with E-state index in [0.29, 0.717) is 35.5 Å². The molecule has 13 nitrogen and oxygen atoms in total. The van der Waals surface area contributed by atoms with Crippen molar-refractivity contribution >= 4 is 52.5 Å². The van der Waals surface area contributed by atoms with Gasteiger partial charge in [0.1, 0.15) is 17.5 Å². The van der Waals surface area contributed by atoms with Gasteiger partial charge in [0.15, 0.2) is 17.3 Å². The molecule has 1 aliphatic heterocycles. The second-order valence-corrected chi connectivity index (χ2v) is 16.8. The summed E-state index contributed by atoms with van der Waals surface area (Å²) >= 11 is 6.04. The Kier molecular flexibility index (Phi) is 15.9. The van der Waals surface area contributed by atoms with Gasteiger partial charge in [-0.1, -0.05) is 80.4 Å². The lowest BCUT2D eigenvalue weighted by atomic mass is 9.87. The Labute approximate surface area is 374 Å². The number of aromatic hydroxyl groups is 2. The fraction of sp³-hybridized carbons (Fsp3) is 0.354. The molecule has 0 saturated carbocycles. The highest BCUT2D eigenvalue weighted by molar-refractivity contribution is 6.30. The van der Waals surface area contributed by atoms with Crippen molar-refractivity contribution in [1.82, 2.24) is 10.2 Å². The van der Waals surface area contributed by atoms with Crippen LogP contribution in [0.5, 0.6) is 11.5 Å². The van der Waals surface area contributed by atoms with Crippen LogP contribution >= 0.6 is 11.6 Å². The highest BCUT2D eigenvalue weighted by Gasteiger charge is 2.48. The Morgan fingerprint density at radius 1 is 0.859 bits per heavy atom. The van der Waals surface area contributed by atoms with Gasteiger partial charge in [-0.05, 0) is 84.5 Å². The number of nitrogens with one attached hydrogen (secondary N) is 1. The number of carbonyl (C=O) groups excluding carboxylic acids is 7. The molecule has 0 saturated heterocycles. The maximum Gasteiger partial charge on any atom is 0.381 e. The molecule has 3 amide bonds. The number of hydrogen-bond donors (Lipinski definition) is 5. The molecule has 16 heteroatoms. The molecular weight excluding hydrogens is 850 g/mol. The van der Waals surface area contributed by atoms with Gasteiger partial charge in [0, 0.05) is 65.8 Å². The molecule has 1 aliphatic rings. The molecule has 4 aromatic carbocycles. The topological polar surface area (TPSA) is 227 Å². The molecule has 338 valence electrons. The lowest BCUT2D eigenvalue weighted by Gasteiger charge is -2.32. The average molecular weight is 901 g/mol. The quantitative estimate of drug-likeness (QED) is 0.0465. The van der Waals surface area contributed by atoms with Gasteiger partial charge in [-0.15, -0.1) is 0 Å². The molecule has 4 bridgehead atoms. The van der Waals surface area contributed by atoms with Crippen LogP contribution in [0.1, 0.15) is 79.9 Å². The molecule has 5 atom stereocenters. The standard InChI is InChI=1S/C48H51ClF2N4O9/c1-26(44(61)48(50,51)47(53)64)20-41(59)37-23-28-7-17-38(56)35(22-28)36-24-32(14-18-39(36)57)43(42(60)21-27(2)45(62)54-37)55(3)46(63)33(6-4-5-19-52)25-40(58)31-10-8-29(9-11-31)30-12-15-34(49)16-13-30/h7-18,22,24,26-27,33,37,43,56-57H,4-6,19-21,23,25,52H2,1-3H3,(H2,53,64)(H,54,62)/t26-,27-,33-,37+,43+/m1/s1. The predicted octanol–water partition coefficient (Wildman–Crippen LogP) is 6.52. The minimum atomic E-state index is -4.54. The molecule has 0 radical (unpaired) electrons. The number of unbranched alkanes of at least 4 members (excludes halogenated alkanes) is 1. The molecule has 0 unspecified atom stereocenters. The number of ketones is 4. The number of phenols is 2. The van der Waals surface area contributed by atoms with Gasteiger partial charge in [-0.2, -0.15) is 8.78 Å². The zero-order valence-corrected chi connectivity index (χ0v) is 36.4. The van der Waals surface area contributed by atoms with E-state index < -0.39 is 83.7 Å². The van der Waals surface area contributed by atoms with E-state index in [4.69, 9.17) is 23.1 Å². The van der Waals surface area contributed by atoms with E-state index in [1.54, 1.807) is 36.4 Å². The zero-order valence-electron chi connectivity index (χ0n) is 35.6. The van der Waals surface area contributed by atoms with Crippen LogP contribution in [0.3, 0.4) is 0 Å². The number of nitrogens with two attached hydrogens (primary N) is 2. The maximum atomic E-state index is 14.6. The largest absolute Gasteiger partial charge is 0.507 e. The van der Waals surface area contributed by atoms with E-state index >= 15 is 0 Å². The third-order valence-electron chi connectivity index (χ3n) is 11.6. The molecule has 0 spiro atoms. The van der Waals surface area contributed by atoms with E-state index in [-0.39, 0.29) is 53.2 Å². The number of carbonyl (C=O) groups is 7. The van der Waals surface area contributed by atoms with Crippen LogP contribution in [0, 0.1) is 17.8 Å². The first kappa shape index (κ1) is 48.7. The van der Waals surface area contributed by atoms with E-state index in [2.05, 4.69) is 5.32 Å². The SMILES string of the molecule is C[C@@H]1CC(=O)[C@@H](N(C)C(=O)[C@H](CCCCN)CC(=O)c2ccc(-c3ccc(Cl)cc3)cc2)c2ccc(O)c(c2)-c2cc(ccc2O)C[C@@H](C(=O)C[C@@H](C)C(=O)C(F)(F)C(N)=O)NC1=O. The van der Waals surface area contributed by atoms with Gasteiger partial charge < -0.3 is 31.9 Å². The van der Waals surface area contributed by atoms with Crippen LogP contribution in [0.2, 0.25) is 5.02 Å². The molecule has 0 aromatic heterocycles. The van der Waals surface area contributed by atoms with Crippen molar-refractivity contribution in [2.24, 2.45) is 29.2 Å². The molecule has 0 aliphatic carbocycles. The van der Waals surface area contributed by atoms with Crippen LogP contribution in [-0.4, -0.2) is 81.5 Å². The van der Waals surface area contributed by atoms with Crippen LogP contribution in [0.25, 0.3) is 22.3 Å². The first-order chi connectivity index (χ1) is 30.2. The molecule has 5 rings (SSSR count). The number of likely N-dealkylation sites (N-methyl/N-ethyl adjacent to an activating group) is 1. The number of fused-ring (bicyclic) bond motifs is 5. The van der Waals surface area contributed by atoms with Crippen molar-refractivity contribution in [2.45, 2.75) is 76.8 Å². The summed E-state index contributed by atoms with van der Waals surface area (Å²) in [6.07, 6.45) is -0.425. The highest BCUT2D eigenvalue weighted by atomic mass is 35.5. The highest BCUT2D eigenvalue weighted by Crippen LogP contribution is 2.40. The van der Waals surface area contributed by atoms with E-state index in [0.717, 1.165) is 18.1 Å². The van der Waals surface area contributed by atoms with Gasteiger partial charge in [0.05, 0.1) is 6.04 Å². The molecule has 64 heavy (non-hydrogen) atoms. The normalized spacial score (nSPS) is 17.6. The minimum Gasteiger partial charge on any atom is -0.507 e. The van der Waals surface area contributed by atoms with Gasteiger partial charge in [0.2, 0.25) is 17.6 Å². The first-order valence-electron chi connectivity index (χ1n) is 20.8. The summed E-state index contributed by atoms with van der Waals surface area (Å²) in [6.45, 7) is 2.79. The van der Waals surface area contributed by atoms with Crippen molar-refractivity contribution in [3.05, 3.63) is 107 Å². The lowest BCUT2D eigenvalue weighted by molar-refractivity contribution is -0.159. The summed E-state index contributed by atoms with van der Waals surface area (Å²) in [5, 5.41) is 25.3. The number of alkyl halides is 2. The number of Topliss-reactive ketones (excluding diaryl/α,β-unsaturated/α-hetero) is 4. The zero-order chi connectivity index (χ0) is 47.0. The third kappa shape index (κ3) is 11.4. The molecule has 7 N–H and O–H groups in total. The summed E-state index contributed by atoms with van der Waals surface area (Å²) in [4.78, 5) is 95.3. The summed E-state index contributed by atoms with van der Waals surface area (Å²) in [5.74, 6) is -16.0. The summed E-state index contributed by atoms with van der Waals surface area (Å²) in [7, 11) is 1.41. The fourth-order valence-corrected chi connectivity index (χ4v) is 7.98. The van der Waals surface area contributed by atoms with Crippen molar-refractivity contribution in [3.8, 4) is 33.8 Å². The Morgan fingerprint density at radius 3 is 2.06 bits per heavy atom. The lowest BCUT2D eigenvalue weighted by Crippen LogP contribution is -2.48. The summed E-state index contributed by atoms with van der Waals surface area (Å²) in [5.41, 5.74) is 13.3. The van der Waals surface area contributed by atoms with Gasteiger partial charge in [0.25, 0.3) is 5.91 Å². The molecule has 0 fully saturated rings. The minimum absolute atomic E-state index is 0.0527. The molecular formula is C48H51ClF2N4O9. The fourth-order valence-electron chi connectivity index (χ4n) is 7.86. The maximum absolute atomic E-state index is 14.6. The number of hydrogen-bond acceptors (Lipinski definition) is 10. The third-order valence-corrected chi connectivity index (χ3v) is 11.8. The monoisotopic (exact) mass is 900 g/mol. The van der Waals surface area contributed by atoms with Crippen LogP contribution < -0.4 is 16.8 Å². The number of phenolic OH excluding ortho intramolecular Hbond substituents is 2. The van der Waals surface area contributed by atoms with Crippen LogP contribution in [0.4, 0.5) is 8.78 Å². The second-order valence-electron chi connectivity index (χ2n) is 16.4.